The van der Waals surface area contributed by atoms with Crippen LogP contribution in [-0.4, -0.2) is 66.3 Å². The number of rotatable bonds is 3. The molecular weight excluding hydrogens is 350 g/mol. The van der Waals surface area contributed by atoms with Crippen LogP contribution in [0.15, 0.2) is 6.33 Å². The highest BCUT2D eigenvalue weighted by Gasteiger charge is 2.45. The second kappa shape index (κ2) is 7.05. The third kappa shape index (κ3) is 3.23. The molecule has 0 aromatic carbocycles. The standard InChI is InChI=1S/C18H29N5O2S/c1-14-15(2)19-13-20-18(14)21-9-16-11-23(12-17(16)10-21)26(24,25)22-7-5-3-4-6-8-22/h13,16-17H,3-12H2,1-2H3. The Morgan fingerprint density at radius 3 is 2.12 bits per heavy atom. The minimum atomic E-state index is -3.30. The summed E-state index contributed by atoms with van der Waals surface area (Å²) < 4.78 is 29.5. The maximum atomic E-state index is 13.0. The minimum Gasteiger partial charge on any atom is -0.356 e. The Kier molecular flexibility index (Phi) is 4.92. The summed E-state index contributed by atoms with van der Waals surface area (Å²) in [5, 5.41) is 0. The van der Waals surface area contributed by atoms with Gasteiger partial charge in [-0.05, 0) is 38.5 Å². The Morgan fingerprint density at radius 1 is 0.885 bits per heavy atom. The normalized spacial score (nSPS) is 28.3. The SMILES string of the molecule is Cc1ncnc(N2CC3CN(S(=O)(=O)N4CCCCCC4)CC3C2)c1C. The smallest absolute Gasteiger partial charge is 0.281 e. The molecule has 1 aromatic rings. The molecular formula is C18H29N5O2S. The summed E-state index contributed by atoms with van der Waals surface area (Å²) in [5.41, 5.74) is 2.14. The quantitative estimate of drug-likeness (QED) is 0.798. The Hall–Kier alpha value is -1.25. The molecule has 3 aliphatic heterocycles. The van der Waals surface area contributed by atoms with Gasteiger partial charge in [-0.1, -0.05) is 12.8 Å². The monoisotopic (exact) mass is 379 g/mol. The largest absolute Gasteiger partial charge is 0.356 e. The number of aromatic nitrogens is 2. The molecule has 0 radical (unpaired) electrons. The Bertz CT molecular complexity index is 747. The van der Waals surface area contributed by atoms with Gasteiger partial charge in [0.25, 0.3) is 10.2 Å². The molecule has 4 rings (SSSR count). The van der Waals surface area contributed by atoms with Gasteiger partial charge in [0.1, 0.15) is 12.1 Å². The van der Waals surface area contributed by atoms with Crippen molar-refractivity contribution in [3.05, 3.63) is 17.6 Å². The van der Waals surface area contributed by atoms with Crippen molar-refractivity contribution in [2.75, 3.05) is 44.2 Å². The lowest BCUT2D eigenvalue weighted by Gasteiger charge is -2.28. The van der Waals surface area contributed by atoms with Crippen LogP contribution in [0, 0.1) is 25.7 Å². The first-order valence-electron chi connectivity index (χ1n) is 9.75. The Morgan fingerprint density at radius 2 is 1.50 bits per heavy atom. The summed E-state index contributed by atoms with van der Waals surface area (Å²) in [5.74, 6) is 1.80. The summed E-state index contributed by atoms with van der Waals surface area (Å²) in [6, 6.07) is 0. The maximum absolute atomic E-state index is 13.0. The molecule has 7 nitrogen and oxygen atoms in total. The van der Waals surface area contributed by atoms with Gasteiger partial charge < -0.3 is 4.90 Å². The number of nitrogens with zero attached hydrogens (tertiary/aromatic N) is 5. The Balaban J connectivity index is 1.44. The molecule has 8 heteroatoms. The summed E-state index contributed by atoms with van der Waals surface area (Å²) in [6.07, 6.45) is 5.88. The molecule has 3 fully saturated rings. The molecule has 144 valence electrons. The highest BCUT2D eigenvalue weighted by molar-refractivity contribution is 7.86. The number of aryl methyl sites for hydroxylation is 1. The van der Waals surface area contributed by atoms with Crippen molar-refractivity contribution < 1.29 is 8.42 Å². The third-order valence-electron chi connectivity index (χ3n) is 6.28. The Labute approximate surface area is 156 Å². The van der Waals surface area contributed by atoms with E-state index in [0.29, 0.717) is 38.0 Å². The molecule has 3 aliphatic rings. The van der Waals surface area contributed by atoms with Crippen molar-refractivity contribution in [1.29, 1.82) is 0 Å². The van der Waals surface area contributed by atoms with Gasteiger partial charge in [0.05, 0.1) is 0 Å². The van der Waals surface area contributed by atoms with Gasteiger partial charge in [0, 0.05) is 50.5 Å². The molecule has 0 N–H and O–H groups in total. The van der Waals surface area contributed by atoms with Gasteiger partial charge in [-0.15, -0.1) is 0 Å². The van der Waals surface area contributed by atoms with Crippen molar-refractivity contribution in [1.82, 2.24) is 18.6 Å². The summed E-state index contributed by atoms with van der Waals surface area (Å²) >= 11 is 0. The van der Waals surface area contributed by atoms with Crippen LogP contribution in [-0.2, 0) is 10.2 Å². The fraction of sp³-hybridized carbons (Fsp3) is 0.778. The van der Waals surface area contributed by atoms with Gasteiger partial charge in [0.2, 0.25) is 0 Å². The van der Waals surface area contributed by atoms with E-state index in [1.807, 2.05) is 6.92 Å². The van der Waals surface area contributed by atoms with Gasteiger partial charge >= 0.3 is 0 Å². The van der Waals surface area contributed by atoms with Crippen LogP contribution >= 0.6 is 0 Å². The van der Waals surface area contributed by atoms with Crippen LogP contribution in [0.1, 0.15) is 36.9 Å². The molecule has 0 amide bonds. The molecule has 3 saturated heterocycles. The van der Waals surface area contributed by atoms with E-state index in [0.717, 1.165) is 55.8 Å². The van der Waals surface area contributed by atoms with Crippen molar-refractivity contribution in [2.24, 2.45) is 11.8 Å². The number of hydrogen-bond donors (Lipinski definition) is 0. The molecule has 0 bridgehead atoms. The molecule has 0 aliphatic carbocycles. The van der Waals surface area contributed by atoms with Crippen molar-refractivity contribution >= 4 is 16.0 Å². The van der Waals surface area contributed by atoms with E-state index < -0.39 is 10.2 Å². The van der Waals surface area contributed by atoms with Crippen LogP contribution in [0.2, 0.25) is 0 Å². The zero-order valence-corrected chi connectivity index (χ0v) is 16.6. The minimum absolute atomic E-state index is 0.395. The highest BCUT2D eigenvalue weighted by atomic mass is 32.2. The lowest BCUT2D eigenvalue weighted by atomic mass is 10.0. The maximum Gasteiger partial charge on any atom is 0.281 e. The first kappa shape index (κ1) is 18.1. The second-order valence-corrected chi connectivity index (χ2v) is 9.90. The lowest BCUT2D eigenvalue weighted by molar-refractivity contribution is 0.359. The highest BCUT2D eigenvalue weighted by Crippen LogP contribution is 2.36. The molecule has 2 unspecified atom stereocenters. The number of fused-ring (bicyclic) bond motifs is 1. The van der Waals surface area contributed by atoms with Gasteiger partial charge in [-0.25, -0.2) is 9.97 Å². The summed E-state index contributed by atoms with van der Waals surface area (Å²) in [4.78, 5) is 11.0. The molecule has 1 aromatic heterocycles. The predicted molar refractivity (Wildman–Crippen MR) is 101 cm³/mol. The van der Waals surface area contributed by atoms with Crippen LogP contribution in [0.3, 0.4) is 0 Å². The van der Waals surface area contributed by atoms with Crippen LogP contribution in [0.5, 0.6) is 0 Å². The van der Waals surface area contributed by atoms with Crippen molar-refractivity contribution in [3.63, 3.8) is 0 Å². The lowest BCUT2D eigenvalue weighted by Crippen LogP contribution is -2.44. The molecule has 2 atom stereocenters. The zero-order valence-electron chi connectivity index (χ0n) is 15.8. The topological polar surface area (TPSA) is 69.6 Å². The van der Waals surface area contributed by atoms with Gasteiger partial charge in [-0.3, -0.25) is 0 Å². The van der Waals surface area contributed by atoms with E-state index in [4.69, 9.17) is 0 Å². The van der Waals surface area contributed by atoms with Crippen LogP contribution in [0.25, 0.3) is 0 Å². The number of hydrogen-bond acceptors (Lipinski definition) is 5. The molecule has 0 spiro atoms. The molecule has 0 saturated carbocycles. The predicted octanol–water partition coefficient (Wildman–Crippen LogP) is 1.58. The first-order chi connectivity index (χ1) is 12.5. The van der Waals surface area contributed by atoms with E-state index >= 15 is 0 Å². The summed E-state index contributed by atoms with van der Waals surface area (Å²) in [6.45, 7) is 8.48. The average Bonchev–Trinajstić information content (AvgIpc) is 3.05. The van der Waals surface area contributed by atoms with E-state index in [2.05, 4.69) is 21.8 Å². The zero-order chi connectivity index (χ0) is 18.3. The van der Waals surface area contributed by atoms with E-state index in [-0.39, 0.29) is 0 Å². The average molecular weight is 380 g/mol. The fourth-order valence-corrected chi connectivity index (χ4v) is 6.40. The van der Waals surface area contributed by atoms with E-state index in [9.17, 15) is 8.42 Å². The van der Waals surface area contributed by atoms with Crippen molar-refractivity contribution in [2.45, 2.75) is 39.5 Å². The summed E-state index contributed by atoms with van der Waals surface area (Å²) in [7, 11) is -3.30. The van der Waals surface area contributed by atoms with Gasteiger partial charge in [-0.2, -0.15) is 17.0 Å². The van der Waals surface area contributed by atoms with Gasteiger partial charge in [0.15, 0.2) is 0 Å². The van der Waals surface area contributed by atoms with E-state index in [1.54, 1.807) is 14.9 Å². The first-order valence-corrected chi connectivity index (χ1v) is 11.1. The molecule has 4 heterocycles. The molecule has 26 heavy (non-hydrogen) atoms. The fourth-order valence-electron chi connectivity index (χ4n) is 4.59. The van der Waals surface area contributed by atoms with Crippen LogP contribution in [0.4, 0.5) is 5.82 Å². The second-order valence-electron chi connectivity index (χ2n) is 7.97. The van der Waals surface area contributed by atoms with E-state index in [1.165, 1.54) is 0 Å². The third-order valence-corrected chi connectivity index (χ3v) is 8.25. The number of anilines is 1. The van der Waals surface area contributed by atoms with Crippen LogP contribution < -0.4 is 4.90 Å². The van der Waals surface area contributed by atoms with Crippen molar-refractivity contribution in [3.8, 4) is 0 Å².